The van der Waals surface area contributed by atoms with Crippen LogP contribution < -0.4 is 10.6 Å². The minimum absolute atomic E-state index is 0. The molecule has 2 N–H and O–H groups in total. The van der Waals surface area contributed by atoms with Crippen LogP contribution in [0.25, 0.3) is 5.70 Å². The van der Waals surface area contributed by atoms with Crippen molar-refractivity contribution in [3.63, 3.8) is 0 Å². The second kappa shape index (κ2) is 9.85. The fourth-order valence-electron chi connectivity index (χ4n) is 3.76. The van der Waals surface area contributed by atoms with Crippen LogP contribution in [0.4, 0.5) is 20.7 Å². The van der Waals surface area contributed by atoms with Gasteiger partial charge in [0.15, 0.2) is 0 Å². The van der Waals surface area contributed by atoms with Gasteiger partial charge in [-0.15, -0.1) is 17.5 Å². The molecule has 0 radical (unpaired) electrons. The van der Waals surface area contributed by atoms with Crippen LogP contribution in [0, 0.1) is 18.6 Å². The van der Waals surface area contributed by atoms with Crippen LogP contribution >= 0.6 is 24.0 Å². The number of nitrogens with zero attached hydrogens (tertiary/aromatic N) is 3. The van der Waals surface area contributed by atoms with Crippen molar-refractivity contribution in [2.75, 3.05) is 10.6 Å². The van der Waals surface area contributed by atoms with Gasteiger partial charge in [0.25, 0.3) is 11.9 Å². The molecule has 0 spiro atoms. The predicted molar refractivity (Wildman–Crippen MR) is 134 cm³/mol. The van der Waals surface area contributed by atoms with Gasteiger partial charge in [0.05, 0.1) is 5.56 Å². The average Bonchev–Trinajstić information content (AvgIpc) is 3.22. The van der Waals surface area contributed by atoms with Crippen LogP contribution in [0.3, 0.4) is 0 Å². The molecular weight excluding hydrogens is 495 g/mol. The number of aromatic nitrogens is 3. The molecule has 6 nitrogen and oxygen atoms in total. The molecule has 1 aliphatic rings. The van der Waals surface area contributed by atoms with Crippen molar-refractivity contribution in [2.24, 2.45) is 0 Å². The van der Waals surface area contributed by atoms with Gasteiger partial charge in [0.1, 0.15) is 17.7 Å². The summed E-state index contributed by atoms with van der Waals surface area (Å²) in [5.41, 5.74) is 2.70. The van der Waals surface area contributed by atoms with E-state index in [1.807, 2.05) is 31.2 Å². The highest BCUT2D eigenvalue weighted by atomic mass is 35.5. The third kappa shape index (κ3) is 4.76. The van der Waals surface area contributed by atoms with E-state index in [2.05, 4.69) is 20.7 Å². The summed E-state index contributed by atoms with van der Waals surface area (Å²) in [7, 11) is 0. The van der Waals surface area contributed by atoms with E-state index in [1.165, 1.54) is 35.0 Å². The van der Waals surface area contributed by atoms with E-state index in [1.54, 1.807) is 18.2 Å². The summed E-state index contributed by atoms with van der Waals surface area (Å²) in [6.45, 7) is 1.98. The van der Waals surface area contributed by atoms with Crippen LogP contribution in [0.15, 0.2) is 72.8 Å². The molecule has 0 saturated heterocycles. The van der Waals surface area contributed by atoms with E-state index in [0.29, 0.717) is 5.70 Å². The van der Waals surface area contributed by atoms with Gasteiger partial charge in [-0.05, 0) is 42.8 Å². The number of benzene rings is 3. The summed E-state index contributed by atoms with van der Waals surface area (Å²) >= 11 is 6.37. The van der Waals surface area contributed by atoms with Crippen molar-refractivity contribution < 1.29 is 13.6 Å². The number of nitrogens with one attached hydrogen (secondary N) is 2. The minimum Gasteiger partial charge on any atom is -0.324 e. The average molecular weight is 514 g/mol. The Morgan fingerprint density at radius 2 is 1.74 bits per heavy atom. The molecule has 35 heavy (non-hydrogen) atoms. The fraction of sp³-hybridized carbons (Fsp3) is 0.0800. The number of rotatable bonds is 4. The van der Waals surface area contributed by atoms with E-state index in [0.717, 1.165) is 11.1 Å². The van der Waals surface area contributed by atoms with Gasteiger partial charge in [0.2, 0.25) is 5.95 Å². The maximum Gasteiger partial charge on any atom is 0.261 e. The van der Waals surface area contributed by atoms with Gasteiger partial charge in [-0.1, -0.05) is 59.6 Å². The van der Waals surface area contributed by atoms with Crippen LogP contribution in [-0.4, -0.2) is 20.7 Å². The second-order valence-corrected chi connectivity index (χ2v) is 8.20. The Morgan fingerprint density at radius 3 is 2.46 bits per heavy atom. The molecule has 0 aliphatic carbocycles. The highest BCUT2D eigenvalue weighted by Gasteiger charge is 2.29. The number of carbonyl (C=O) groups excluding carboxylic acids is 1. The lowest BCUT2D eigenvalue weighted by molar-refractivity contribution is 0.102. The zero-order chi connectivity index (χ0) is 23.8. The first-order valence-electron chi connectivity index (χ1n) is 10.4. The summed E-state index contributed by atoms with van der Waals surface area (Å²) in [5.74, 6) is -1.66. The van der Waals surface area contributed by atoms with Crippen LogP contribution in [0.2, 0.25) is 5.02 Å². The molecule has 0 saturated carbocycles. The number of hydrogen-bond acceptors (Lipinski definition) is 4. The quantitative estimate of drug-likeness (QED) is 0.338. The first kappa shape index (κ1) is 24.4. The molecule has 0 bridgehead atoms. The molecule has 178 valence electrons. The number of halogens is 4. The first-order valence-corrected chi connectivity index (χ1v) is 10.8. The molecule has 3 aromatic carbocycles. The third-order valence-corrected chi connectivity index (χ3v) is 5.80. The zero-order valence-electron chi connectivity index (χ0n) is 18.3. The number of carbonyl (C=O) groups is 1. The van der Waals surface area contributed by atoms with Crippen molar-refractivity contribution in [3.05, 3.63) is 112 Å². The number of hydrogen-bond donors (Lipinski definition) is 2. The van der Waals surface area contributed by atoms with E-state index < -0.39 is 23.6 Å². The maximum absolute atomic E-state index is 14.9. The van der Waals surface area contributed by atoms with Crippen molar-refractivity contribution in [1.82, 2.24) is 14.8 Å². The molecule has 2 heterocycles. The van der Waals surface area contributed by atoms with Gasteiger partial charge in [0, 0.05) is 16.3 Å². The molecule has 5 rings (SSSR count). The molecule has 1 aromatic heterocycles. The zero-order valence-corrected chi connectivity index (χ0v) is 19.9. The van der Waals surface area contributed by atoms with Crippen molar-refractivity contribution >= 4 is 47.5 Å². The monoisotopic (exact) mass is 513 g/mol. The van der Waals surface area contributed by atoms with E-state index >= 15 is 0 Å². The summed E-state index contributed by atoms with van der Waals surface area (Å²) < 4.78 is 30.3. The third-order valence-electron chi connectivity index (χ3n) is 5.47. The van der Waals surface area contributed by atoms with Gasteiger partial charge in [-0.25, -0.2) is 13.5 Å². The normalized spacial score (nSPS) is 14.3. The van der Waals surface area contributed by atoms with Crippen LogP contribution in [-0.2, 0) is 0 Å². The number of allylic oxidation sites excluding steroid dienone is 1. The predicted octanol–water partition coefficient (Wildman–Crippen LogP) is 6.25. The lowest BCUT2D eigenvalue weighted by atomic mass is 10.0. The SMILES string of the molecule is Cc1ccc(C2=CC(c3c(F)cccc3Cl)n3nc(NC(=O)c4ccccc4F)nc3N2)cc1.Cl. The Morgan fingerprint density at radius 1 is 1.03 bits per heavy atom. The van der Waals surface area contributed by atoms with Crippen LogP contribution in [0.1, 0.15) is 33.1 Å². The van der Waals surface area contributed by atoms with E-state index in [9.17, 15) is 13.6 Å². The van der Waals surface area contributed by atoms with E-state index in [4.69, 9.17) is 11.6 Å². The maximum atomic E-state index is 14.9. The molecular formula is C25H19Cl2F2N5O. The van der Waals surface area contributed by atoms with Crippen LogP contribution in [0.5, 0.6) is 0 Å². The molecule has 4 aromatic rings. The minimum atomic E-state index is -0.743. The van der Waals surface area contributed by atoms with Crippen molar-refractivity contribution in [2.45, 2.75) is 13.0 Å². The Kier molecular flexibility index (Phi) is 6.86. The molecule has 1 unspecified atom stereocenters. The number of amides is 1. The lowest BCUT2D eigenvalue weighted by Crippen LogP contribution is -2.21. The largest absolute Gasteiger partial charge is 0.324 e. The molecule has 0 fully saturated rings. The number of anilines is 2. The van der Waals surface area contributed by atoms with Gasteiger partial charge >= 0.3 is 0 Å². The Bertz CT molecular complexity index is 1420. The molecule has 10 heteroatoms. The Labute approximate surface area is 211 Å². The first-order chi connectivity index (χ1) is 16.4. The standard InChI is InChI=1S/C25H18ClF2N5O.ClH/c1-14-9-11-15(12-10-14)20-13-21(22-17(26)6-4-8-19(22)28)33-25(29-20)31-24(32-33)30-23(34)16-5-2-3-7-18(16)27;/h2-13,21H,1H3,(H2,29,30,31,32,34);1H. The summed E-state index contributed by atoms with van der Waals surface area (Å²) in [6.07, 6.45) is 1.79. The Balaban J connectivity index is 0.00000289. The van der Waals surface area contributed by atoms with E-state index in [-0.39, 0.29) is 40.5 Å². The van der Waals surface area contributed by atoms with Crippen molar-refractivity contribution in [3.8, 4) is 0 Å². The second-order valence-electron chi connectivity index (χ2n) is 7.79. The fourth-order valence-corrected chi connectivity index (χ4v) is 4.04. The Hall–Kier alpha value is -3.75. The highest BCUT2D eigenvalue weighted by Crippen LogP contribution is 2.37. The number of aryl methyl sites for hydroxylation is 1. The molecule has 1 amide bonds. The van der Waals surface area contributed by atoms with Crippen molar-refractivity contribution in [1.29, 1.82) is 0 Å². The topological polar surface area (TPSA) is 71.8 Å². The van der Waals surface area contributed by atoms with Gasteiger partial charge in [-0.3, -0.25) is 10.1 Å². The summed E-state index contributed by atoms with van der Waals surface area (Å²) in [5, 5.41) is 10.3. The smallest absolute Gasteiger partial charge is 0.261 e. The molecule has 1 atom stereocenters. The number of fused-ring (bicyclic) bond motifs is 1. The highest BCUT2D eigenvalue weighted by molar-refractivity contribution is 6.31. The summed E-state index contributed by atoms with van der Waals surface area (Å²) in [6, 6.07) is 17.1. The molecule has 1 aliphatic heterocycles. The van der Waals surface area contributed by atoms with Gasteiger partial charge < -0.3 is 5.32 Å². The summed E-state index contributed by atoms with van der Waals surface area (Å²) in [4.78, 5) is 16.9. The van der Waals surface area contributed by atoms with Gasteiger partial charge in [-0.2, -0.15) is 4.98 Å². The lowest BCUT2D eigenvalue weighted by Gasteiger charge is -2.25.